The van der Waals surface area contributed by atoms with Gasteiger partial charge in [0.25, 0.3) is 5.91 Å². The van der Waals surface area contributed by atoms with E-state index < -0.39 is 24.3 Å². The van der Waals surface area contributed by atoms with Crippen LogP contribution in [0.2, 0.25) is 0 Å². The number of ketones is 1. The molecular formula is C17H14F3N3O3. The molecule has 1 N–H and O–H groups in total. The van der Waals surface area contributed by atoms with Crippen molar-refractivity contribution < 1.29 is 27.5 Å². The van der Waals surface area contributed by atoms with E-state index >= 15 is 0 Å². The molecule has 0 saturated heterocycles. The van der Waals surface area contributed by atoms with Gasteiger partial charge in [0.2, 0.25) is 5.78 Å². The van der Waals surface area contributed by atoms with Crippen molar-refractivity contribution >= 4 is 17.4 Å². The molecule has 0 spiro atoms. The summed E-state index contributed by atoms with van der Waals surface area (Å²) in [7, 11) is 1.43. The first-order valence-electron chi connectivity index (χ1n) is 7.32. The highest BCUT2D eigenvalue weighted by molar-refractivity contribution is 6.12. The van der Waals surface area contributed by atoms with E-state index in [-0.39, 0.29) is 16.8 Å². The monoisotopic (exact) mass is 365 g/mol. The second-order valence-electron chi connectivity index (χ2n) is 5.06. The van der Waals surface area contributed by atoms with Crippen LogP contribution < -0.4 is 10.2 Å². The summed E-state index contributed by atoms with van der Waals surface area (Å²) in [5.74, 6) is -2.19. The number of alkyl halides is 3. The van der Waals surface area contributed by atoms with Crippen LogP contribution in [0.5, 0.6) is 5.75 Å². The minimum Gasteiger partial charge on any atom is -0.497 e. The van der Waals surface area contributed by atoms with E-state index in [2.05, 4.69) is 15.5 Å². The van der Waals surface area contributed by atoms with Gasteiger partial charge in [-0.3, -0.25) is 14.6 Å². The number of hydrazone groups is 1. The van der Waals surface area contributed by atoms with E-state index in [9.17, 15) is 22.8 Å². The Labute approximate surface area is 146 Å². The molecule has 136 valence electrons. The summed E-state index contributed by atoms with van der Waals surface area (Å²) in [5.41, 5.74) is 2.37. The van der Waals surface area contributed by atoms with Crippen molar-refractivity contribution in [2.45, 2.75) is 12.6 Å². The van der Waals surface area contributed by atoms with Crippen LogP contribution in [0.3, 0.4) is 0 Å². The number of hydrogen-bond donors (Lipinski definition) is 1. The van der Waals surface area contributed by atoms with E-state index in [1.165, 1.54) is 43.8 Å². The van der Waals surface area contributed by atoms with Crippen molar-refractivity contribution in [2.75, 3.05) is 7.11 Å². The molecule has 0 unspecified atom stereocenters. The molecule has 1 amide bonds. The van der Waals surface area contributed by atoms with Crippen LogP contribution in [0, 0.1) is 0 Å². The summed E-state index contributed by atoms with van der Waals surface area (Å²) in [5, 5.41) is 3.71. The molecular weight excluding hydrogens is 351 g/mol. The normalized spacial score (nSPS) is 11.8. The van der Waals surface area contributed by atoms with E-state index in [0.29, 0.717) is 5.75 Å². The molecule has 0 aliphatic heterocycles. The third-order valence-electron chi connectivity index (χ3n) is 3.28. The SMILES string of the molecule is COc1cccc(C(=O)N/N=C(\CC(=O)C(F)(F)F)c2ccncc2)c1. The Balaban J connectivity index is 2.24. The molecule has 1 heterocycles. The predicted octanol–water partition coefficient (Wildman–Crippen LogP) is 2.75. The number of ether oxygens (including phenoxy) is 1. The fourth-order valence-electron chi connectivity index (χ4n) is 1.95. The second kappa shape index (κ2) is 8.24. The van der Waals surface area contributed by atoms with Gasteiger partial charge in [0.15, 0.2) is 0 Å². The third kappa shape index (κ3) is 5.13. The van der Waals surface area contributed by atoms with Gasteiger partial charge in [-0.1, -0.05) is 6.07 Å². The Kier molecular flexibility index (Phi) is 6.05. The first-order chi connectivity index (χ1) is 12.3. The van der Waals surface area contributed by atoms with Crippen LogP contribution >= 0.6 is 0 Å². The van der Waals surface area contributed by atoms with Gasteiger partial charge < -0.3 is 4.74 Å². The summed E-state index contributed by atoms with van der Waals surface area (Å²) in [6, 6.07) is 8.91. The number of Topliss-reactive ketones (excluding diaryl/α,β-unsaturated/α-hetero) is 1. The lowest BCUT2D eigenvalue weighted by Gasteiger charge is -2.09. The minimum absolute atomic E-state index is 0.198. The Morgan fingerprint density at radius 1 is 1.15 bits per heavy atom. The molecule has 2 aromatic rings. The van der Waals surface area contributed by atoms with Crippen molar-refractivity contribution in [1.82, 2.24) is 10.4 Å². The van der Waals surface area contributed by atoms with E-state index in [4.69, 9.17) is 4.74 Å². The molecule has 26 heavy (non-hydrogen) atoms. The lowest BCUT2D eigenvalue weighted by molar-refractivity contribution is -0.169. The number of rotatable bonds is 6. The van der Waals surface area contributed by atoms with Crippen LogP contribution in [0.15, 0.2) is 53.9 Å². The maximum absolute atomic E-state index is 12.6. The van der Waals surface area contributed by atoms with E-state index in [1.807, 2.05) is 0 Å². The first-order valence-corrected chi connectivity index (χ1v) is 7.32. The lowest BCUT2D eigenvalue weighted by atomic mass is 10.1. The lowest BCUT2D eigenvalue weighted by Crippen LogP contribution is -2.27. The molecule has 1 aromatic carbocycles. The smallest absolute Gasteiger partial charge is 0.450 e. The van der Waals surface area contributed by atoms with E-state index in [0.717, 1.165) is 0 Å². The number of carbonyl (C=O) groups excluding carboxylic acids is 2. The Hall–Kier alpha value is -3.23. The number of nitrogens with one attached hydrogen (secondary N) is 1. The molecule has 0 fully saturated rings. The highest BCUT2D eigenvalue weighted by Crippen LogP contribution is 2.19. The molecule has 1 aromatic heterocycles. The van der Waals surface area contributed by atoms with Crippen LogP contribution in [0.25, 0.3) is 0 Å². The number of aromatic nitrogens is 1. The number of halogens is 3. The van der Waals surface area contributed by atoms with Gasteiger partial charge in [-0.15, -0.1) is 0 Å². The van der Waals surface area contributed by atoms with Gasteiger partial charge >= 0.3 is 6.18 Å². The number of nitrogens with zero attached hydrogens (tertiary/aromatic N) is 2. The van der Waals surface area contributed by atoms with E-state index in [1.54, 1.807) is 12.1 Å². The summed E-state index contributed by atoms with van der Waals surface area (Å²) >= 11 is 0. The Morgan fingerprint density at radius 2 is 1.85 bits per heavy atom. The molecule has 0 radical (unpaired) electrons. The second-order valence-corrected chi connectivity index (χ2v) is 5.06. The zero-order valence-electron chi connectivity index (χ0n) is 13.6. The number of pyridine rings is 1. The maximum atomic E-state index is 12.6. The molecule has 6 nitrogen and oxygen atoms in total. The fraction of sp³-hybridized carbons (Fsp3) is 0.176. The molecule has 9 heteroatoms. The zero-order valence-corrected chi connectivity index (χ0v) is 13.6. The fourth-order valence-corrected chi connectivity index (χ4v) is 1.95. The highest BCUT2D eigenvalue weighted by atomic mass is 19.4. The topological polar surface area (TPSA) is 80.6 Å². The number of carbonyl (C=O) groups is 2. The van der Waals surface area contributed by atoms with Gasteiger partial charge in [-0.2, -0.15) is 18.3 Å². The molecule has 0 aliphatic rings. The molecule has 2 rings (SSSR count). The number of hydrogen-bond acceptors (Lipinski definition) is 5. The van der Waals surface area contributed by atoms with Crippen LogP contribution in [0.1, 0.15) is 22.3 Å². The Morgan fingerprint density at radius 3 is 2.46 bits per heavy atom. The van der Waals surface area contributed by atoms with Crippen molar-refractivity contribution in [2.24, 2.45) is 5.10 Å². The average molecular weight is 365 g/mol. The number of benzene rings is 1. The molecule has 0 saturated carbocycles. The van der Waals surface area contributed by atoms with Crippen molar-refractivity contribution in [1.29, 1.82) is 0 Å². The molecule has 0 aliphatic carbocycles. The third-order valence-corrected chi connectivity index (χ3v) is 3.28. The largest absolute Gasteiger partial charge is 0.497 e. The summed E-state index contributed by atoms with van der Waals surface area (Å²) in [4.78, 5) is 27.2. The standard InChI is InChI=1S/C17H14F3N3O3/c1-26-13-4-2-3-12(9-13)16(25)23-22-14(10-15(24)17(18,19)20)11-5-7-21-8-6-11/h2-9H,10H2,1H3,(H,23,25)/b22-14+. The average Bonchev–Trinajstić information content (AvgIpc) is 2.64. The van der Waals surface area contributed by atoms with Crippen LogP contribution in [-0.2, 0) is 4.79 Å². The first kappa shape index (κ1) is 19.1. The van der Waals surface area contributed by atoms with Gasteiger partial charge in [0.1, 0.15) is 5.75 Å². The highest BCUT2D eigenvalue weighted by Gasteiger charge is 2.38. The van der Waals surface area contributed by atoms with Gasteiger partial charge in [0.05, 0.1) is 19.2 Å². The molecule has 0 bridgehead atoms. The van der Waals surface area contributed by atoms with Gasteiger partial charge in [0, 0.05) is 23.5 Å². The quantitative estimate of drug-likeness (QED) is 0.631. The van der Waals surface area contributed by atoms with Crippen molar-refractivity contribution in [3.05, 3.63) is 59.9 Å². The Bertz CT molecular complexity index is 821. The van der Waals surface area contributed by atoms with Crippen LogP contribution in [-0.4, -0.2) is 35.7 Å². The van der Waals surface area contributed by atoms with Crippen LogP contribution in [0.4, 0.5) is 13.2 Å². The number of methoxy groups -OCH3 is 1. The predicted molar refractivity (Wildman–Crippen MR) is 86.9 cm³/mol. The summed E-state index contributed by atoms with van der Waals surface area (Å²) in [6.07, 6.45) is -3.32. The van der Waals surface area contributed by atoms with Crippen molar-refractivity contribution in [3.8, 4) is 5.75 Å². The van der Waals surface area contributed by atoms with Gasteiger partial charge in [-0.25, -0.2) is 5.43 Å². The number of amides is 1. The zero-order chi connectivity index (χ0) is 19.2. The van der Waals surface area contributed by atoms with Gasteiger partial charge in [-0.05, 0) is 30.3 Å². The maximum Gasteiger partial charge on any atom is 0.450 e. The summed E-state index contributed by atoms with van der Waals surface area (Å²) in [6.45, 7) is 0. The molecule has 0 atom stereocenters. The minimum atomic E-state index is -5.00. The summed E-state index contributed by atoms with van der Waals surface area (Å²) < 4.78 is 42.7. The van der Waals surface area contributed by atoms with Crippen molar-refractivity contribution in [3.63, 3.8) is 0 Å².